The van der Waals surface area contributed by atoms with Gasteiger partial charge >= 0.3 is 0 Å². The fourth-order valence-electron chi connectivity index (χ4n) is 3.19. The van der Waals surface area contributed by atoms with Crippen molar-refractivity contribution in [3.05, 3.63) is 77.6 Å². The Morgan fingerprint density at radius 2 is 1.74 bits per heavy atom. The highest BCUT2D eigenvalue weighted by Gasteiger charge is 2.17. The van der Waals surface area contributed by atoms with Crippen molar-refractivity contribution in [2.45, 2.75) is 25.7 Å². The van der Waals surface area contributed by atoms with Crippen LogP contribution in [0, 0.1) is 26.6 Å². The van der Waals surface area contributed by atoms with Crippen LogP contribution < -0.4 is 14.2 Å². The Hall–Kier alpha value is -3.99. The third-order valence-electron chi connectivity index (χ3n) is 5.26. The number of nitrogens with zero attached hydrogens (tertiary/aromatic N) is 4. The normalized spacial score (nSPS) is 11.3. The van der Waals surface area contributed by atoms with E-state index in [1.165, 1.54) is 37.7 Å². The first kappa shape index (κ1) is 23.2. The minimum absolute atomic E-state index is 0.0404. The van der Waals surface area contributed by atoms with Gasteiger partial charge in [0.05, 0.1) is 17.7 Å². The summed E-state index contributed by atoms with van der Waals surface area (Å²) in [6, 6.07) is 11.3. The molecule has 0 spiro atoms. The summed E-state index contributed by atoms with van der Waals surface area (Å²) in [6.07, 6.45) is 1.38. The summed E-state index contributed by atoms with van der Waals surface area (Å²) < 4.78 is 53.8. The zero-order valence-electron chi connectivity index (χ0n) is 18.9. The molecule has 2 aromatic carbocycles. The number of rotatable bonds is 7. The van der Waals surface area contributed by atoms with Gasteiger partial charge in [-0.25, -0.2) is 27.5 Å². The fourth-order valence-corrected chi connectivity index (χ4v) is 4.26. The molecule has 0 unspecified atom stereocenters. The highest BCUT2D eigenvalue weighted by Crippen LogP contribution is 2.26. The van der Waals surface area contributed by atoms with Crippen LogP contribution in [-0.4, -0.2) is 35.3 Å². The van der Waals surface area contributed by atoms with Crippen molar-refractivity contribution >= 4 is 15.7 Å². The lowest BCUT2D eigenvalue weighted by Crippen LogP contribution is -2.13. The number of hydrogen-bond donors (Lipinski definition) is 1. The summed E-state index contributed by atoms with van der Waals surface area (Å²) in [5, 5.41) is 4.49. The summed E-state index contributed by atoms with van der Waals surface area (Å²) in [7, 11) is -2.69. The van der Waals surface area contributed by atoms with Crippen LogP contribution in [0.2, 0.25) is 0 Å². The molecular weight excluding hydrogens is 461 g/mol. The minimum atomic E-state index is -3.99. The number of aryl methyl sites for hydroxylation is 1. The van der Waals surface area contributed by atoms with Crippen molar-refractivity contribution < 1.29 is 22.3 Å². The van der Waals surface area contributed by atoms with Gasteiger partial charge in [0.1, 0.15) is 12.1 Å². The van der Waals surface area contributed by atoms with Crippen molar-refractivity contribution in [1.29, 1.82) is 0 Å². The van der Waals surface area contributed by atoms with Crippen LogP contribution in [0.5, 0.6) is 17.4 Å². The van der Waals surface area contributed by atoms with Gasteiger partial charge in [0, 0.05) is 17.4 Å². The van der Waals surface area contributed by atoms with Crippen LogP contribution in [0.15, 0.2) is 59.8 Å². The predicted octanol–water partition coefficient (Wildman–Crippen LogP) is 4.33. The molecule has 0 aliphatic heterocycles. The number of halogens is 1. The van der Waals surface area contributed by atoms with Gasteiger partial charge in [0.2, 0.25) is 5.88 Å². The molecule has 0 bridgehead atoms. The molecule has 9 nitrogen and oxygen atoms in total. The lowest BCUT2D eigenvalue weighted by molar-refractivity contribution is 0.385. The van der Waals surface area contributed by atoms with Crippen LogP contribution in [0.1, 0.15) is 17.0 Å². The number of ether oxygens (including phenoxy) is 2. The Morgan fingerprint density at radius 3 is 2.35 bits per heavy atom. The van der Waals surface area contributed by atoms with E-state index in [4.69, 9.17) is 9.47 Å². The van der Waals surface area contributed by atoms with Crippen LogP contribution in [-0.2, 0) is 10.0 Å². The van der Waals surface area contributed by atoms with E-state index in [-0.39, 0.29) is 16.3 Å². The number of aromatic nitrogens is 4. The molecule has 1 N–H and O–H groups in total. The molecule has 0 aliphatic rings. The van der Waals surface area contributed by atoms with E-state index in [0.717, 1.165) is 23.0 Å². The quantitative estimate of drug-likeness (QED) is 0.417. The second kappa shape index (κ2) is 9.10. The van der Waals surface area contributed by atoms with E-state index in [1.807, 2.05) is 20.8 Å². The summed E-state index contributed by atoms with van der Waals surface area (Å²) in [5.74, 6) is 0.495. The predicted molar refractivity (Wildman–Crippen MR) is 124 cm³/mol. The molecule has 0 radical (unpaired) electrons. The molecule has 2 aromatic heterocycles. The van der Waals surface area contributed by atoms with Gasteiger partial charge in [-0.1, -0.05) is 0 Å². The average molecular weight is 484 g/mol. The molecule has 0 saturated heterocycles. The van der Waals surface area contributed by atoms with Crippen molar-refractivity contribution in [2.24, 2.45) is 0 Å². The first-order valence-corrected chi connectivity index (χ1v) is 11.7. The third-order valence-corrected chi connectivity index (χ3v) is 6.64. The second-order valence-electron chi connectivity index (χ2n) is 7.45. The molecule has 0 amide bonds. The van der Waals surface area contributed by atoms with E-state index < -0.39 is 15.8 Å². The maximum absolute atomic E-state index is 13.9. The number of nitrogens with one attached hydrogen (secondary N) is 1. The monoisotopic (exact) mass is 483 g/mol. The maximum Gasteiger partial charge on any atom is 0.262 e. The van der Waals surface area contributed by atoms with E-state index >= 15 is 0 Å². The Morgan fingerprint density at radius 1 is 1.00 bits per heavy atom. The van der Waals surface area contributed by atoms with Gasteiger partial charge in [-0.3, -0.25) is 4.72 Å². The zero-order valence-corrected chi connectivity index (χ0v) is 19.7. The lowest BCUT2D eigenvalue weighted by Gasteiger charge is -2.11. The first-order valence-electron chi connectivity index (χ1n) is 10.2. The molecule has 11 heteroatoms. The number of hydrogen-bond acceptors (Lipinski definition) is 7. The highest BCUT2D eigenvalue weighted by molar-refractivity contribution is 7.92. The minimum Gasteiger partial charge on any atom is -0.494 e. The van der Waals surface area contributed by atoms with Gasteiger partial charge in [0.25, 0.3) is 10.0 Å². The fraction of sp³-hybridized carbons (Fsp3) is 0.174. The van der Waals surface area contributed by atoms with Gasteiger partial charge in [-0.2, -0.15) is 5.10 Å². The number of sulfonamides is 1. The Bertz CT molecular complexity index is 1450. The lowest BCUT2D eigenvalue weighted by atomic mass is 10.2. The molecule has 0 aliphatic carbocycles. The van der Waals surface area contributed by atoms with Gasteiger partial charge in [-0.15, -0.1) is 0 Å². The molecule has 34 heavy (non-hydrogen) atoms. The molecule has 4 rings (SSSR count). The van der Waals surface area contributed by atoms with Crippen LogP contribution in [0.3, 0.4) is 0 Å². The number of anilines is 1. The van der Waals surface area contributed by atoms with Gasteiger partial charge < -0.3 is 9.47 Å². The van der Waals surface area contributed by atoms with Crippen LogP contribution in [0.4, 0.5) is 10.1 Å². The van der Waals surface area contributed by atoms with Crippen molar-refractivity contribution in [3.63, 3.8) is 0 Å². The Balaban J connectivity index is 1.49. The smallest absolute Gasteiger partial charge is 0.262 e. The van der Waals surface area contributed by atoms with E-state index in [0.29, 0.717) is 17.4 Å². The van der Waals surface area contributed by atoms with Gasteiger partial charge in [-0.05, 0) is 68.8 Å². The molecule has 2 heterocycles. The van der Waals surface area contributed by atoms with Crippen molar-refractivity contribution in [1.82, 2.24) is 19.7 Å². The summed E-state index contributed by atoms with van der Waals surface area (Å²) >= 11 is 0. The highest BCUT2D eigenvalue weighted by atomic mass is 32.2. The third kappa shape index (κ3) is 4.69. The standard InChI is InChI=1S/C23H22FN5O4S/c1-14-15(2)27-29(16(14)3)22-12-23(26-13-25-22)33-18-7-5-17(6-8-18)28-34(30,31)19-9-10-21(32-4)20(24)11-19/h5-13,28H,1-4H3. The maximum atomic E-state index is 13.9. The molecule has 4 aromatic rings. The van der Waals surface area contributed by atoms with E-state index in [1.54, 1.807) is 22.9 Å². The molecule has 0 atom stereocenters. The second-order valence-corrected chi connectivity index (χ2v) is 9.13. The Kier molecular flexibility index (Phi) is 6.20. The van der Waals surface area contributed by atoms with Crippen LogP contribution in [0.25, 0.3) is 5.82 Å². The summed E-state index contributed by atoms with van der Waals surface area (Å²) in [6.45, 7) is 5.88. The van der Waals surface area contributed by atoms with E-state index in [9.17, 15) is 12.8 Å². The van der Waals surface area contributed by atoms with Crippen molar-refractivity contribution in [3.8, 4) is 23.2 Å². The van der Waals surface area contributed by atoms with Gasteiger partial charge in [0.15, 0.2) is 17.4 Å². The first-order chi connectivity index (χ1) is 16.2. The number of methoxy groups -OCH3 is 1. The SMILES string of the molecule is COc1ccc(S(=O)(=O)Nc2ccc(Oc3cc(-n4nc(C)c(C)c4C)ncn3)cc2)cc1F. The summed E-state index contributed by atoms with van der Waals surface area (Å²) in [4.78, 5) is 8.17. The number of benzene rings is 2. The topological polar surface area (TPSA) is 108 Å². The molecule has 176 valence electrons. The summed E-state index contributed by atoms with van der Waals surface area (Å²) in [5.41, 5.74) is 3.24. The van der Waals surface area contributed by atoms with Crippen molar-refractivity contribution in [2.75, 3.05) is 11.8 Å². The Labute approximate surface area is 196 Å². The largest absolute Gasteiger partial charge is 0.494 e. The van der Waals surface area contributed by atoms with E-state index in [2.05, 4.69) is 19.8 Å². The van der Waals surface area contributed by atoms with Crippen LogP contribution >= 0.6 is 0 Å². The molecule has 0 saturated carbocycles. The average Bonchev–Trinajstić information content (AvgIpc) is 3.07. The molecular formula is C23H22FN5O4S. The molecule has 0 fully saturated rings. The zero-order chi connectivity index (χ0) is 24.5.